The summed E-state index contributed by atoms with van der Waals surface area (Å²) in [4.78, 5) is 14.7. The lowest BCUT2D eigenvalue weighted by atomic mass is 9.79. The number of benzene rings is 3. The topological polar surface area (TPSA) is 78.5 Å². The fourth-order valence-corrected chi connectivity index (χ4v) is 7.11. The first-order valence-electron chi connectivity index (χ1n) is 13.9. The van der Waals surface area contributed by atoms with Crippen molar-refractivity contribution in [1.82, 2.24) is 10.2 Å². The van der Waals surface area contributed by atoms with Gasteiger partial charge in [0.2, 0.25) is 0 Å². The van der Waals surface area contributed by atoms with E-state index in [2.05, 4.69) is 37.1 Å². The molecule has 2 heterocycles. The van der Waals surface area contributed by atoms with Gasteiger partial charge in [0.1, 0.15) is 28.8 Å². The number of nitrogens with one attached hydrogen (secondary N) is 1. The van der Waals surface area contributed by atoms with Gasteiger partial charge in [-0.3, -0.25) is 0 Å². The highest BCUT2D eigenvalue weighted by molar-refractivity contribution is 6.69. The van der Waals surface area contributed by atoms with E-state index in [0.717, 1.165) is 28.2 Å². The van der Waals surface area contributed by atoms with Gasteiger partial charge in [-0.15, -0.1) is 0 Å². The molecule has 3 unspecified atom stereocenters. The molecule has 0 spiro atoms. The number of methoxy groups -OCH3 is 2. The van der Waals surface area contributed by atoms with Gasteiger partial charge in [0, 0.05) is 7.05 Å². The summed E-state index contributed by atoms with van der Waals surface area (Å²) in [6.07, 6.45) is -0.299. The average molecular weight is 577 g/mol. The number of ether oxygens (including phenoxy) is 4. The van der Waals surface area contributed by atoms with Gasteiger partial charge in [-0.05, 0) is 60.6 Å². The molecule has 2 saturated heterocycles. The summed E-state index contributed by atoms with van der Waals surface area (Å²) in [7, 11) is 2.97. The molecule has 2 amide bonds. The van der Waals surface area contributed by atoms with Gasteiger partial charge in [0.15, 0.2) is 8.32 Å². The van der Waals surface area contributed by atoms with Crippen LogP contribution in [0.1, 0.15) is 16.7 Å². The Morgan fingerprint density at radius 2 is 1.46 bits per heavy atom. The van der Waals surface area contributed by atoms with E-state index in [-0.39, 0.29) is 24.8 Å². The molecule has 1 N–H and O–H groups in total. The number of hydrogen-bond donors (Lipinski definition) is 1. The van der Waals surface area contributed by atoms with Gasteiger partial charge in [-0.25, -0.2) is 4.79 Å². The summed E-state index contributed by atoms with van der Waals surface area (Å²) in [5.74, 6) is 1.51. The van der Waals surface area contributed by atoms with Crippen LogP contribution in [0.5, 0.6) is 11.5 Å². The van der Waals surface area contributed by atoms with Crippen LogP contribution in [-0.2, 0) is 19.5 Å². The van der Waals surface area contributed by atoms with Crippen LogP contribution in [0, 0.1) is 0 Å². The lowest BCUT2D eigenvalue weighted by Crippen LogP contribution is -2.52. The molecule has 3 atom stereocenters. The summed E-state index contributed by atoms with van der Waals surface area (Å²) in [6.45, 7) is 7.46. The molecule has 8 nitrogen and oxygen atoms in total. The number of hydrogen-bond acceptors (Lipinski definition) is 6. The largest absolute Gasteiger partial charge is 0.497 e. The molecule has 3 aromatic rings. The van der Waals surface area contributed by atoms with Crippen LogP contribution in [0.2, 0.25) is 19.6 Å². The second-order valence-electron chi connectivity index (χ2n) is 11.6. The van der Waals surface area contributed by atoms with Crippen LogP contribution in [0.3, 0.4) is 0 Å². The maximum atomic E-state index is 12.9. The van der Waals surface area contributed by atoms with Crippen LogP contribution in [-0.4, -0.2) is 78.0 Å². The Morgan fingerprint density at radius 1 is 0.927 bits per heavy atom. The van der Waals surface area contributed by atoms with Gasteiger partial charge >= 0.3 is 6.03 Å². The van der Waals surface area contributed by atoms with Gasteiger partial charge in [-0.2, -0.15) is 0 Å². The second kappa shape index (κ2) is 11.5. The molecular formula is C32H40N2O6Si. The minimum absolute atomic E-state index is 0.135. The Labute approximate surface area is 243 Å². The molecule has 2 aliphatic heterocycles. The molecule has 2 fully saturated rings. The third kappa shape index (κ3) is 5.47. The summed E-state index contributed by atoms with van der Waals surface area (Å²) in [6, 6.07) is 25.8. The molecule has 2 aliphatic rings. The number of urea groups is 1. The number of carbonyl (C=O) groups is 1. The van der Waals surface area contributed by atoms with Crippen LogP contribution in [0.15, 0.2) is 78.9 Å². The number of likely N-dealkylation sites (tertiary alicyclic amines) is 1. The first-order valence-corrected chi connectivity index (χ1v) is 17.4. The number of rotatable bonds is 10. The van der Waals surface area contributed by atoms with Crippen LogP contribution in [0.4, 0.5) is 4.79 Å². The second-order valence-corrected chi connectivity index (χ2v) is 16.0. The Kier molecular flexibility index (Phi) is 8.16. The van der Waals surface area contributed by atoms with Crippen molar-refractivity contribution in [3.05, 3.63) is 95.6 Å². The van der Waals surface area contributed by atoms with Crippen LogP contribution >= 0.6 is 0 Å². The first kappa shape index (κ1) is 29.1. The van der Waals surface area contributed by atoms with Gasteiger partial charge in [0.05, 0.1) is 40.0 Å². The standard InChI is InChI=1S/C32H40N2O6Si/c1-33-30(35)34-21-31(29(28(34)20-38-31)40-41(4,5)6)22-39-32(23-10-8-7-9-11-23,24-12-16-26(36-2)17-13-24)25-14-18-27(37-3)19-15-25/h7-19,28-29H,20-22H2,1-6H3,(H,33,35). The van der Waals surface area contributed by atoms with E-state index in [1.54, 1.807) is 21.3 Å². The zero-order chi connectivity index (χ0) is 29.3. The van der Waals surface area contributed by atoms with Crippen molar-refractivity contribution in [3.8, 4) is 11.5 Å². The highest BCUT2D eigenvalue weighted by Crippen LogP contribution is 2.46. The third-order valence-corrected chi connectivity index (χ3v) is 8.87. The van der Waals surface area contributed by atoms with Crippen molar-refractivity contribution in [1.29, 1.82) is 0 Å². The number of carbonyl (C=O) groups excluding carboxylic acids is 1. The van der Waals surface area contributed by atoms with Gasteiger partial charge < -0.3 is 33.6 Å². The van der Waals surface area contributed by atoms with Gasteiger partial charge in [-0.1, -0.05) is 54.6 Å². The van der Waals surface area contributed by atoms with Crippen LogP contribution < -0.4 is 14.8 Å². The van der Waals surface area contributed by atoms with E-state index in [4.69, 9.17) is 23.4 Å². The number of fused-ring (bicyclic) bond motifs is 2. The fraction of sp³-hybridized carbons (Fsp3) is 0.406. The molecule has 9 heteroatoms. The summed E-state index contributed by atoms with van der Waals surface area (Å²) in [5.41, 5.74) is 1.01. The van der Waals surface area contributed by atoms with Crippen molar-refractivity contribution >= 4 is 14.3 Å². The minimum Gasteiger partial charge on any atom is -0.497 e. The maximum Gasteiger partial charge on any atom is 0.317 e. The Morgan fingerprint density at radius 3 is 1.95 bits per heavy atom. The number of amides is 2. The zero-order valence-corrected chi connectivity index (χ0v) is 25.7. The van der Waals surface area contributed by atoms with E-state index in [1.807, 2.05) is 71.6 Å². The summed E-state index contributed by atoms with van der Waals surface area (Å²) >= 11 is 0. The monoisotopic (exact) mass is 576 g/mol. The highest BCUT2D eigenvalue weighted by Gasteiger charge is 2.63. The molecule has 0 radical (unpaired) electrons. The SMILES string of the molecule is CNC(=O)N1CC2(COC(c3ccccc3)(c3ccc(OC)cc3)c3ccc(OC)cc3)OCC1C2O[Si](C)(C)C. The fourth-order valence-electron chi connectivity index (χ4n) is 5.97. The average Bonchev–Trinajstić information content (AvgIpc) is 3.48. The van der Waals surface area contributed by atoms with E-state index in [9.17, 15) is 4.79 Å². The zero-order valence-electron chi connectivity index (χ0n) is 24.7. The van der Waals surface area contributed by atoms with E-state index < -0.39 is 19.5 Å². The maximum absolute atomic E-state index is 12.9. The normalized spacial score (nSPS) is 22.0. The number of nitrogens with zero attached hydrogens (tertiary/aromatic N) is 1. The molecular weight excluding hydrogens is 536 g/mol. The molecule has 0 aromatic heterocycles. The summed E-state index contributed by atoms with van der Waals surface area (Å²) in [5, 5.41) is 2.79. The molecule has 41 heavy (non-hydrogen) atoms. The smallest absolute Gasteiger partial charge is 0.317 e. The molecule has 2 bridgehead atoms. The van der Waals surface area contributed by atoms with Crippen molar-refractivity contribution < 1.29 is 28.2 Å². The third-order valence-electron chi connectivity index (χ3n) is 7.91. The minimum atomic E-state index is -2.00. The molecule has 5 rings (SSSR count). The van der Waals surface area contributed by atoms with Crippen molar-refractivity contribution in [3.63, 3.8) is 0 Å². The predicted octanol–water partition coefficient (Wildman–Crippen LogP) is 5.03. The first-order chi connectivity index (χ1) is 19.7. The van der Waals surface area contributed by atoms with Crippen LogP contribution in [0.25, 0.3) is 0 Å². The van der Waals surface area contributed by atoms with E-state index in [1.165, 1.54) is 0 Å². The lowest BCUT2D eigenvalue weighted by molar-refractivity contribution is -0.132. The molecule has 0 saturated carbocycles. The molecule has 3 aromatic carbocycles. The lowest BCUT2D eigenvalue weighted by Gasteiger charge is -2.41. The summed E-state index contributed by atoms with van der Waals surface area (Å²) < 4.78 is 31.4. The van der Waals surface area contributed by atoms with Crippen molar-refractivity contribution in [2.45, 2.75) is 43.0 Å². The Hall–Kier alpha value is -3.37. The van der Waals surface area contributed by atoms with Gasteiger partial charge in [0.25, 0.3) is 0 Å². The van der Waals surface area contributed by atoms with Crippen molar-refractivity contribution in [2.24, 2.45) is 0 Å². The molecule has 0 aliphatic carbocycles. The predicted molar refractivity (Wildman–Crippen MR) is 160 cm³/mol. The molecule has 218 valence electrons. The van der Waals surface area contributed by atoms with E-state index in [0.29, 0.717) is 13.2 Å². The quantitative estimate of drug-likeness (QED) is 0.270. The number of morpholine rings is 1. The Bertz CT molecular complexity index is 1280. The Balaban J connectivity index is 1.63. The van der Waals surface area contributed by atoms with E-state index >= 15 is 0 Å². The van der Waals surface area contributed by atoms with Crippen molar-refractivity contribution in [2.75, 3.05) is 41.0 Å². The highest BCUT2D eigenvalue weighted by atomic mass is 28.4.